The van der Waals surface area contributed by atoms with E-state index in [0.29, 0.717) is 42.4 Å². The highest BCUT2D eigenvalue weighted by Crippen LogP contribution is 2.30. The Balaban J connectivity index is 2.70. The third-order valence-corrected chi connectivity index (χ3v) is 2.49. The molecule has 1 rings (SSSR count). The Labute approximate surface area is 119 Å². The lowest BCUT2D eigenvalue weighted by molar-refractivity contribution is -0.123. The molecule has 1 aromatic rings. The highest BCUT2D eigenvalue weighted by molar-refractivity contribution is 5.82. The highest BCUT2D eigenvalue weighted by Gasteiger charge is 2.12. The zero-order chi connectivity index (χ0) is 15.0. The molecule has 0 spiro atoms. The van der Waals surface area contributed by atoms with Crippen LogP contribution in [0.2, 0.25) is 0 Å². The molecular weight excluding hydrogens is 258 g/mol. The van der Waals surface area contributed by atoms with Crippen LogP contribution in [0.4, 0.5) is 0 Å². The number of carbonyl (C=O) groups excluding carboxylic acids is 2. The van der Waals surface area contributed by atoms with Gasteiger partial charge >= 0.3 is 0 Å². The molecule has 0 heterocycles. The highest BCUT2D eigenvalue weighted by atomic mass is 16.5. The van der Waals surface area contributed by atoms with E-state index in [9.17, 15) is 9.59 Å². The normalized spacial score (nSPS) is 10.2. The fourth-order valence-corrected chi connectivity index (χ4v) is 1.56. The fourth-order valence-electron chi connectivity index (χ4n) is 1.56. The van der Waals surface area contributed by atoms with Crippen molar-refractivity contribution in [3.8, 4) is 11.5 Å². The van der Waals surface area contributed by atoms with Gasteiger partial charge in [-0.1, -0.05) is 19.9 Å². The summed E-state index contributed by atoms with van der Waals surface area (Å²) in [7, 11) is 0. The molecule has 0 aromatic heterocycles. The molecule has 5 heteroatoms. The second kappa shape index (κ2) is 8.19. The number of hydrogen-bond acceptors (Lipinski definition) is 4. The van der Waals surface area contributed by atoms with Crippen LogP contribution in [0.5, 0.6) is 11.5 Å². The summed E-state index contributed by atoms with van der Waals surface area (Å²) in [5.74, 6) is 0.930. The SMILES string of the molecule is CCOc1cccc(C=O)c1OCC(=O)NCC(C)C. The summed E-state index contributed by atoms with van der Waals surface area (Å²) in [5.41, 5.74) is 0.368. The first-order valence-electron chi connectivity index (χ1n) is 6.69. The van der Waals surface area contributed by atoms with Gasteiger partial charge in [0.1, 0.15) is 0 Å². The predicted molar refractivity (Wildman–Crippen MR) is 76.3 cm³/mol. The summed E-state index contributed by atoms with van der Waals surface area (Å²) in [6.45, 7) is 6.77. The molecule has 1 N–H and O–H groups in total. The molecule has 5 nitrogen and oxygen atoms in total. The standard InChI is InChI=1S/C15H21NO4/c1-4-19-13-7-5-6-12(9-17)15(13)20-10-14(18)16-8-11(2)3/h5-7,9,11H,4,8,10H2,1-3H3,(H,16,18). The van der Waals surface area contributed by atoms with Crippen molar-refractivity contribution < 1.29 is 19.1 Å². The van der Waals surface area contributed by atoms with E-state index in [1.807, 2.05) is 20.8 Å². The smallest absolute Gasteiger partial charge is 0.257 e. The van der Waals surface area contributed by atoms with Crippen LogP contribution in [0.1, 0.15) is 31.1 Å². The van der Waals surface area contributed by atoms with Gasteiger partial charge in [-0.2, -0.15) is 0 Å². The maximum Gasteiger partial charge on any atom is 0.257 e. The molecule has 0 atom stereocenters. The largest absolute Gasteiger partial charge is 0.490 e. The summed E-state index contributed by atoms with van der Waals surface area (Å²) in [6, 6.07) is 5.04. The Hall–Kier alpha value is -2.04. The fraction of sp³-hybridized carbons (Fsp3) is 0.467. The van der Waals surface area contributed by atoms with Crippen molar-refractivity contribution in [3.63, 3.8) is 0 Å². The number of rotatable bonds is 8. The van der Waals surface area contributed by atoms with Crippen molar-refractivity contribution >= 4 is 12.2 Å². The van der Waals surface area contributed by atoms with Crippen LogP contribution in [0.15, 0.2) is 18.2 Å². The van der Waals surface area contributed by atoms with Gasteiger partial charge in [-0.25, -0.2) is 0 Å². The topological polar surface area (TPSA) is 64.6 Å². The van der Waals surface area contributed by atoms with Crippen LogP contribution in [0, 0.1) is 5.92 Å². The average molecular weight is 279 g/mol. The zero-order valence-corrected chi connectivity index (χ0v) is 12.1. The van der Waals surface area contributed by atoms with Crippen LogP contribution >= 0.6 is 0 Å². The maximum atomic E-state index is 11.6. The van der Waals surface area contributed by atoms with Gasteiger partial charge in [0.05, 0.1) is 12.2 Å². The Morgan fingerprint density at radius 2 is 2.10 bits per heavy atom. The maximum absolute atomic E-state index is 11.6. The van der Waals surface area contributed by atoms with Crippen LogP contribution in [-0.4, -0.2) is 32.0 Å². The van der Waals surface area contributed by atoms with E-state index in [1.165, 1.54) is 0 Å². The lowest BCUT2D eigenvalue weighted by atomic mass is 10.2. The monoisotopic (exact) mass is 279 g/mol. The number of para-hydroxylation sites is 1. The molecule has 0 radical (unpaired) electrons. The van der Waals surface area contributed by atoms with Crippen molar-refractivity contribution in [2.45, 2.75) is 20.8 Å². The van der Waals surface area contributed by atoms with Gasteiger partial charge in [-0.3, -0.25) is 9.59 Å². The van der Waals surface area contributed by atoms with Crippen LogP contribution in [0.3, 0.4) is 0 Å². The van der Waals surface area contributed by atoms with Gasteiger partial charge in [0.2, 0.25) is 0 Å². The molecule has 0 saturated carbocycles. The van der Waals surface area contributed by atoms with Crippen molar-refractivity contribution in [2.75, 3.05) is 19.8 Å². The molecular formula is C15H21NO4. The van der Waals surface area contributed by atoms with Crippen LogP contribution in [0.25, 0.3) is 0 Å². The molecule has 0 aliphatic rings. The molecule has 0 unspecified atom stereocenters. The second-order valence-electron chi connectivity index (χ2n) is 4.71. The predicted octanol–water partition coefficient (Wildman–Crippen LogP) is 2.05. The summed E-state index contributed by atoms with van der Waals surface area (Å²) < 4.78 is 10.8. The van der Waals surface area contributed by atoms with Gasteiger partial charge in [-0.05, 0) is 25.0 Å². The van der Waals surface area contributed by atoms with E-state index in [2.05, 4.69) is 5.32 Å². The number of carbonyl (C=O) groups is 2. The van der Waals surface area contributed by atoms with E-state index in [4.69, 9.17) is 9.47 Å². The zero-order valence-electron chi connectivity index (χ0n) is 12.1. The van der Waals surface area contributed by atoms with Gasteiger partial charge in [0.25, 0.3) is 5.91 Å². The van der Waals surface area contributed by atoms with Crippen molar-refractivity contribution in [3.05, 3.63) is 23.8 Å². The molecule has 0 aliphatic carbocycles. The lowest BCUT2D eigenvalue weighted by Gasteiger charge is -2.14. The Kier molecular flexibility index (Phi) is 6.56. The number of hydrogen-bond donors (Lipinski definition) is 1. The van der Waals surface area contributed by atoms with Crippen molar-refractivity contribution in [1.82, 2.24) is 5.32 Å². The molecule has 0 saturated heterocycles. The van der Waals surface area contributed by atoms with E-state index in [0.717, 1.165) is 0 Å². The van der Waals surface area contributed by atoms with Gasteiger partial charge in [-0.15, -0.1) is 0 Å². The van der Waals surface area contributed by atoms with E-state index >= 15 is 0 Å². The number of benzene rings is 1. The van der Waals surface area contributed by atoms with E-state index < -0.39 is 0 Å². The van der Waals surface area contributed by atoms with Crippen LogP contribution in [-0.2, 0) is 4.79 Å². The summed E-state index contributed by atoms with van der Waals surface area (Å²) in [6.07, 6.45) is 0.684. The molecule has 0 bridgehead atoms. The first kappa shape index (κ1) is 16.0. The molecule has 110 valence electrons. The van der Waals surface area contributed by atoms with Crippen molar-refractivity contribution in [2.24, 2.45) is 5.92 Å². The number of amides is 1. The summed E-state index contributed by atoms with van der Waals surface area (Å²) >= 11 is 0. The lowest BCUT2D eigenvalue weighted by Crippen LogP contribution is -2.31. The average Bonchev–Trinajstić information content (AvgIpc) is 2.43. The van der Waals surface area contributed by atoms with Crippen LogP contribution < -0.4 is 14.8 Å². The molecule has 1 amide bonds. The minimum atomic E-state index is -0.221. The molecule has 0 aliphatic heterocycles. The summed E-state index contributed by atoms with van der Waals surface area (Å²) in [4.78, 5) is 22.6. The van der Waals surface area contributed by atoms with Gasteiger partial charge in [0, 0.05) is 6.54 Å². The molecule has 0 fully saturated rings. The molecule has 1 aromatic carbocycles. The third kappa shape index (κ3) is 4.91. The quantitative estimate of drug-likeness (QED) is 0.740. The second-order valence-corrected chi connectivity index (χ2v) is 4.71. The van der Waals surface area contributed by atoms with Gasteiger partial charge < -0.3 is 14.8 Å². The number of aldehydes is 1. The number of nitrogens with one attached hydrogen (secondary N) is 1. The summed E-state index contributed by atoms with van der Waals surface area (Å²) in [5, 5.41) is 2.75. The number of ether oxygens (including phenoxy) is 2. The first-order chi connectivity index (χ1) is 9.58. The molecule has 20 heavy (non-hydrogen) atoms. The Morgan fingerprint density at radius 1 is 1.35 bits per heavy atom. The van der Waals surface area contributed by atoms with Crippen molar-refractivity contribution in [1.29, 1.82) is 0 Å². The van der Waals surface area contributed by atoms with E-state index in [-0.39, 0.29) is 12.5 Å². The first-order valence-corrected chi connectivity index (χ1v) is 6.69. The van der Waals surface area contributed by atoms with E-state index in [1.54, 1.807) is 18.2 Å². The Morgan fingerprint density at radius 3 is 2.70 bits per heavy atom. The third-order valence-electron chi connectivity index (χ3n) is 2.49. The Bertz CT molecular complexity index is 457. The van der Waals surface area contributed by atoms with Gasteiger partial charge in [0.15, 0.2) is 24.4 Å². The minimum Gasteiger partial charge on any atom is -0.490 e. The minimum absolute atomic E-state index is 0.141.